The molecule has 114 valence electrons. The van der Waals surface area contributed by atoms with Crippen molar-refractivity contribution in [2.75, 3.05) is 11.6 Å². The lowest BCUT2D eigenvalue weighted by molar-refractivity contribution is -0.127. The Morgan fingerprint density at radius 1 is 1.43 bits per heavy atom. The van der Waals surface area contributed by atoms with Crippen molar-refractivity contribution in [2.24, 2.45) is 0 Å². The molecule has 1 saturated heterocycles. The topological polar surface area (TPSA) is 80.6 Å². The van der Waals surface area contributed by atoms with Crippen molar-refractivity contribution in [3.05, 3.63) is 28.7 Å². The van der Waals surface area contributed by atoms with Crippen LogP contribution >= 0.6 is 12.6 Å². The quantitative estimate of drug-likeness (QED) is 0.616. The van der Waals surface area contributed by atoms with Gasteiger partial charge in [0.1, 0.15) is 11.6 Å². The molecular formula is C13H17N3O4S. The van der Waals surface area contributed by atoms with Crippen LogP contribution < -0.4 is 15.9 Å². The first-order chi connectivity index (χ1) is 9.67. The van der Waals surface area contributed by atoms with E-state index in [9.17, 15) is 14.4 Å². The van der Waals surface area contributed by atoms with Crippen LogP contribution in [-0.2, 0) is 9.53 Å². The van der Waals surface area contributed by atoms with Crippen molar-refractivity contribution in [3.8, 4) is 0 Å². The molecule has 0 saturated carbocycles. The molecule has 1 aliphatic heterocycles. The van der Waals surface area contributed by atoms with Crippen LogP contribution in [0.2, 0.25) is 0 Å². The number of carbonyl (C=O) groups is 2. The van der Waals surface area contributed by atoms with Crippen LogP contribution in [0.25, 0.3) is 0 Å². The highest BCUT2D eigenvalue weighted by molar-refractivity contribution is 7.80. The fourth-order valence-corrected chi connectivity index (χ4v) is 2.00. The molecule has 0 aliphatic carbocycles. The van der Waals surface area contributed by atoms with E-state index in [0.29, 0.717) is 4.90 Å². The number of amides is 2. The number of hydrogen-bond donors (Lipinski definition) is 2. The molecule has 1 aromatic heterocycles. The van der Waals surface area contributed by atoms with E-state index in [1.807, 2.05) is 0 Å². The molecular weight excluding hydrogens is 294 g/mol. The van der Waals surface area contributed by atoms with Gasteiger partial charge in [0, 0.05) is 17.2 Å². The van der Waals surface area contributed by atoms with Crippen LogP contribution in [0.5, 0.6) is 0 Å². The third-order valence-corrected chi connectivity index (χ3v) is 3.02. The number of β-lactam (4-membered cyclic amide) rings is 1. The minimum atomic E-state index is -0.678. The normalized spacial score (nSPS) is 18.2. The number of thiol groups is 1. The van der Waals surface area contributed by atoms with Crippen LogP contribution in [-0.4, -0.2) is 34.9 Å². The molecule has 21 heavy (non-hydrogen) atoms. The van der Waals surface area contributed by atoms with E-state index in [1.54, 1.807) is 26.8 Å². The van der Waals surface area contributed by atoms with Crippen molar-refractivity contribution in [1.82, 2.24) is 9.99 Å². The number of pyridine rings is 1. The van der Waals surface area contributed by atoms with Crippen LogP contribution in [0.3, 0.4) is 0 Å². The van der Waals surface area contributed by atoms with E-state index in [0.717, 1.165) is 0 Å². The van der Waals surface area contributed by atoms with E-state index in [-0.39, 0.29) is 18.0 Å². The average molecular weight is 311 g/mol. The van der Waals surface area contributed by atoms with E-state index in [1.165, 1.54) is 21.9 Å². The summed E-state index contributed by atoms with van der Waals surface area (Å²) in [4.78, 5) is 35.8. The Labute approximate surface area is 127 Å². The molecule has 1 aliphatic rings. The van der Waals surface area contributed by atoms with Gasteiger partial charge in [0.05, 0.1) is 6.54 Å². The summed E-state index contributed by atoms with van der Waals surface area (Å²) in [7, 11) is 0. The molecule has 2 amide bonds. The smallest absolute Gasteiger partial charge is 0.408 e. The zero-order valence-corrected chi connectivity index (χ0v) is 12.9. The largest absolute Gasteiger partial charge is 0.444 e. The molecule has 1 aromatic rings. The summed E-state index contributed by atoms with van der Waals surface area (Å²) in [5.74, 6) is -0.366. The molecule has 0 spiro atoms. The van der Waals surface area contributed by atoms with Gasteiger partial charge in [0.25, 0.3) is 11.5 Å². The van der Waals surface area contributed by atoms with Gasteiger partial charge in [0.15, 0.2) is 0 Å². The first-order valence-corrected chi connectivity index (χ1v) is 6.85. The maximum Gasteiger partial charge on any atom is 0.408 e. The van der Waals surface area contributed by atoms with Gasteiger partial charge in [-0.25, -0.2) is 14.5 Å². The molecule has 1 N–H and O–H groups in total. The number of ether oxygens (including phenoxy) is 1. The Kier molecular flexibility index (Phi) is 3.99. The van der Waals surface area contributed by atoms with Crippen LogP contribution in [0.1, 0.15) is 20.8 Å². The molecule has 1 atom stereocenters. The Morgan fingerprint density at radius 3 is 2.62 bits per heavy atom. The van der Waals surface area contributed by atoms with Crippen molar-refractivity contribution in [1.29, 1.82) is 0 Å². The maximum atomic E-state index is 12.0. The third kappa shape index (κ3) is 3.57. The molecule has 1 fully saturated rings. The molecule has 0 bridgehead atoms. The number of rotatable bonds is 2. The fraction of sp³-hybridized carbons (Fsp3) is 0.462. The standard InChI is InChI=1S/C13H17N3O4S/c1-13(2,3)20-12(19)14-9-7-16(11(9)18)15-5-4-8(21)6-10(15)17/h4-6,9,21H,7H2,1-3H3,(H,14,19)/t9-/m0/s1. The predicted molar refractivity (Wildman–Crippen MR) is 79.2 cm³/mol. The van der Waals surface area contributed by atoms with Crippen LogP contribution in [0, 0.1) is 0 Å². The van der Waals surface area contributed by atoms with Gasteiger partial charge in [-0.1, -0.05) is 0 Å². The molecule has 0 radical (unpaired) electrons. The number of aromatic nitrogens is 1. The number of alkyl carbamates (subject to hydrolysis) is 1. The fourth-order valence-electron chi connectivity index (χ4n) is 1.82. The van der Waals surface area contributed by atoms with E-state index >= 15 is 0 Å². The van der Waals surface area contributed by atoms with Crippen LogP contribution in [0.15, 0.2) is 28.0 Å². The number of nitrogens with one attached hydrogen (secondary N) is 1. The van der Waals surface area contributed by atoms with E-state index in [4.69, 9.17) is 4.74 Å². The summed E-state index contributed by atoms with van der Waals surface area (Å²) >= 11 is 4.05. The third-order valence-electron chi connectivity index (χ3n) is 2.74. The number of carbonyl (C=O) groups excluding carboxylic acids is 2. The van der Waals surface area contributed by atoms with E-state index < -0.39 is 17.7 Å². The highest BCUT2D eigenvalue weighted by Crippen LogP contribution is 2.11. The Hall–Kier alpha value is -1.96. The van der Waals surface area contributed by atoms with E-state index in [2.05, 4.69) is 17.9 Å². The molecule has 2 heterocycles. The lowest BCUT2D eigenvalue weighted by Crippen LogP contribution is -2.69. The zero-order chi connectivity index (χ0) is 15.8. The SMILES string of the molecule is CC(C)(C)OC(=O)N[C@H]1CN(n2ccc(S)cc2=O)C1=O. The molecule has 2 rings (SSSR count). The Bertz CT molecular complexity index is 635. The Morgan fingerprint density at radius 2 is 2.10 bits per heavy atom. The van der Waals surface area contributed by atoms with Gasteiger partial charge in [0.2, 0.25) is 0 Å². The summed E-state index contributed by atoms with van der Waals surface area (Å²) < 4.78 is 6.26. The highest BCUT2D eigenvalue weighted by atomic mass is 32.1. The lowest BCUT2D eigenvalue weighted by Gasteiger charge is -2.38. The van der Waals surface area contributed by atoms with Gasteiger partial charge in [-0.15, -0.1) is 12.6 Å². The molecule has 8 heteroatoms. The average Bonchev–Trinajstić information content (AvgIpc) is 2.33. The second-order valence-electron chi connectivity index (χ2n) is 5.69. The van der Waals surface area contributed by atoms with Gasteiger partial charge >= 0.3 is 6.09 Å². The second kappa shape index (κ2) is 5.44. The monoisotopic (exact) mass is 311 g/mol. The molecule has 7 nitrogen and oxygen atoms in total. The Balaban J connectivity index is 1.98. The van der Waals surface area contributed by atoms with Gasteiger partial charge < -0.3 is 10.1 Å². The van der Waals surface area contributed by atoms with Gasteiger partial charge in [-0.2, -0.15) is 0 Å². The van der Waals surface area contributed by atoms with Crippen molar-refractivity contribution >= 4 is 24.6 Å². The number of nitrogens with zero attached hydrogens (tertiary/aromatic N) is 2. The highest BCUT2D eigenvalue weighted by Gasteiger charge is 2.40. The first kappa shape index (κ1) is 15.4. The molecule has 0 unspecified atom stereocenters. The summed E-state index contributed by atoms with van der Waals surface area (Å²) in [6, 6.07) is 2.24. The summed E-state index contributed by atoms with van der Waals surface area (Å²) in [6.07, 6.45) is 0.810. The van der Waals surface area contributed by atoms with Gasteiger partial charge in [-0.05, 0) is 26.8 Å². The lowest BCUT2D eigenvalue weighted by atomic mass is 10.1. The minimum Gasteiger partial charge on any atom is -0.444 e. The minimum absolute atomic E-state index is 0.212. The van der Waals surface area contributed by atoms with Crippen LogP contribution in [0.4, 0.5) is 4.79 Å². The first-order valence-electron chi connectivity index (χ1n) is 6.40. The summed E-state index contributed by atoms with van der Waals surface area (Å²) in [5, 5.41) is 3.72. The second-order valence-corrected chi connectivity index (χ2v) is 6.20. The van der Waals surface area contributed by atoms with Crippen molar-refractivity contribution in [3.63, 3.8) is 0 Å². The van der Waals surface area contributed by atoms with Crippen molar-refractivity contribution in [2.45, 2.75) is 37.3 Å². The summed E-state index contributed by atoms with van der Waals surface area (Å²) in [6.45, 7) is 5.42. The number of hydrogen-bond acceptors (Lipinski definition) is 5. The van der Waals surface area contributed by atoms with Gasteiger partial charge in [-0.3, -0.25) is 9.59 Å². The zero-order valence-electron chi connectivity index (χ0n) is 12.0. The summed E-state index contributed by atoms with van der Waals surface area (Å²) in [5.41, 5.74) is -0.984. The maximum absolute atomic E-state index is 12.0. The van der Waals surface area contributed by atoms with Crippen molar-refractivity contribution < 1.29 is 14.3 Å². The predicted octanol–water partition coefficient (Wildman–Crippen LogP) is 0.508. The molecule has 0 aromatic carbocycles.